The van der Waals surface area contributed by atoms with Crippen LogP contribution in [0.1, 0.15) is 23.7 Å². The van der Waals surface area contributed by atoms with Crippen LogP contribution < -0.4 is 5.32 Å². The number of carbonyl (C=O) groups excluding carboxylic acids is 1. The summed E-state index contributed by atoms with van der Waals surface area (Å²) in [5, 5.41) is 1.95. The zero-order valence-electron chi connectivity index (χ0n) is 11.9. The molecule has 1 unspecified atom stereocenters. The molecule has 1 saturated heterocycles. The Morgan fingerprint density at radius 3 is 2.52 bits per heavy atom. The van der Waals surface area contributed by atoms with Crippen LogP contribution in [0.25, 0.3) is 0 Å². The minimum atomic E-state index is -4.31. The molecule has 2 rings (SSSR count). The Labute approximate surface area is 149 Å². The van der Waals surface area contributed by atoms with Crippen molar-refractivity contribution in [3.63, 3.8) is 0 Å². The Hall–Kier alpha value is -0.790. The molecule has 1 aromatic rings. The van der Waals surface area contributed by atoms with E-state index in [0.29, 0.717) is 13.0 Å². The predicted molar refractivity (Wildman–Crippen MR) is 90.4 cm³/mol. The monoisotopic (exact) mass is 397 g/mol. The van der Waals surface area contributed by atoms with Crippen molar-refractivity contribution in [3.8, 4) is 0 Å². The van der Waals surface area contributed by atoms with Crippen molar-refractivity contribution in [1.82, 2.24) is 5.32 Å². The third-order valence-corrected chi connectivity index (χ3v) is 5.93. The standard InChI is InChI=1S/C14H14Cl3NO4S/c1-2-13(8-6-10(16)11(17)7-9(8)15)23(20,21)22-14(19)12-4-3-5-18-12/h2,6-7,12-13,18H,1,3-5H2/t12-,13?/m0/s1. The van der Waals surface area contributed by atoms with Gasteiger partial charge in [0.15, 0.2) is 0 Å². The highest BCUT2D eigenvalue weighted by atomic mass is 35.5. The van der Waals surface area contributed by atoms with Crippen LogP contribution in [0.3, 0.4) is 0 Å². The third kappa shape index (κ3) is 4.19. The van der Waals surface area contributed by atoms with E-state index >= 15 is 0 Å². The van der Waals surface area contributed by atoms with E-state index in [-0.39, 0.29) is 20.6 Å². The van der Waals surface area contributed by atoms with Crippen LogP contribution in [0.5, 0.6) is 0 Å². The Bertz CT molecular complexity index is 730. The molecule has 2 atom stereocenters. The van der Waals surface area contributed by atoms with Gasteiger partial charge in [-0.3, -0.25) is 0 Å². The van der Waals surface area contributed by atoms with Gasteiger partial charge < -0.3 is 9.50 Å². The molecule has 0 saturated carbocycles. The van der Waals surface area contributed by atoms with E-state index in [1.54, 1.807) is 0 Å². The first-order valence-electron chi connectivity index (χ1n) is 6.74. The van der Waals surface area contributed by atoms with Crippen molar-refractivity contribution < 1.29 is 17.4 Å². The van der Waals surface area contributed by atoms with Gasteiger partial charge in [-0.25, -0.2) is 4.79 Å². The summed E-state index contributed by atoms with van der Waals surface area (Å²) < 4.78 is 29.5. The lowest BCUT2D eigenvalue weighted by Crippen LogP contribution is -2.34. The first-order valence-corrected chi connectivity index (χ1v) is 9.34. The summed E-state index contributed by atoms with van der Waals surface area (Å²) >= 11 is 17.8. The second kappa shape index (κ2) is 7.40. The van der Waals surface area contributed by atoms with Gasteiger partial charge in [-0.1, -0.05) is 40.9 Å². The molecular weight excluding hydrogens is 385 g/mol. The molecule has 0 radical (unpaired) electrons. The fourth-order valence-corrected chi connectivity index (χ4v) is 4.19. The van der Waals surface area contributed by atoms with Gasteiger partial charge in [0.1, 0.15) is 11.3 Å². The highest BCUT2D eigenvalue weighted by Gasteiger charge is 2.34. The van der Waals surface area contributed by atoms with Crippen LogP contribution >= 0.6 is 34.8 Å². The van der Waals surface area contributed by atoms with Gasteiger partial charge in [-0.05, 0) is 37.1 Å². The number of hydrogen-bond donors (Lipinski definition) is 1. The molecule has 0 amide bonds. The van der Waals surface area contributed by atoms with E-state index in [2.05, 4.69) is 11.9 Å². The normalized spacial score (nSPS) is 19.3. The van der Waals surface area contributed by atoms with Gasteiger partial charge in [0.05, 0.1) is 10.0 Å². The van der Waals surface area contributed by atoms with Gasteiger partial charge in [-0.15, -0.1) is 6.58 Å². The summed E-state index contributed by atoms with van der Waals surface area (Å²) in [4.78, 5) is 11.9. The number of carbonyl (C=O) groups is 1. The third-order valence-electron chi connectivity index (χ3n) is 3.41. The van der Waals surface area contributed by atoms with Crippen LogP contribution in [-0.4, -0.2) is 27.0 Å². The minimum Gasteiger partial charge on any atom is -0.343 e. The quantitative estimate of drug-likeness (QED) is 0.467. The maximum Gasteiger partial charge on any atom is 0.339 e. The molecule has 0 spiro atoms. The topological polar surface area (TPSA) is 72.5 Å². The van der Waals surface area contributed by atoms with E-state index < -0.39 is 27.4 Å². The first kappa shape index (κ1) is 18.5. The predicted octanol–water partition coefficient (Wildman–Crippen LogP) is 3.50. The van der Waals surface area contributed by atoms with Crippen molar-refractivity contribution in [2.75, 3.05) is 6.54 Å². The largest absolute Gasteiger partial charge is 0.343 e. The van der Waals surface area contributed by atoms with Crippen LogP contribution in [0.2, 0.25) is 15.1 Å². The second-order valence-corrected chi connectivity index (χ2v) is 7.87. The summed E-state index contributed by atoms with van der Waals surface area (Å²) in [7, 11) is -4.31. The molecule has 1 heterocycles. The maximum absolute atomic E-state index is 12.4. The number of nitrogens with one attached hydrogen (secondary N) is 1. The second-order valence-electron chi connectivity index (χ2n) is 4.99. The van der Waals surface area contributed by atoms with Crippen molar-refractivity contribution in [1.29, 1.82) is 0 Å². The van der Waals surface area contributed by atoms with Crippen molar-refractivity contribution >= 4 is 50.9 Å². The van der Waals surface area contributed by atoms with Crippen LogP contribution in [0, 0.1) is 0 Å². The van der Waals surface area contributed by atoms with Crippen molar-refractivity contribution in [2.24, 2.45) is 0 Å². The molecule has 23 heavy (non-hydrogen) atoms. The van der Waals surface area contributed by atoms with E-state index in [0.717, 1.165) is 12.5 Å². The molecule has 1 aliphatic rings. The molecule has 0 bridgehead atoms. The number of rotatable bonds is 5. The average Bonchev–Trinajstić information content (AvgIpc) is 2.98. The van der Waals surface area contributed by atoms with Gasteiger partial charge >= 0.3 is 16.1 Å². The number of hydrogen-bond acceptors (Lipinski definition) is 5. The van der Waals surface area contributed by atoms with Gasteiger partial charge in [0.2, 0.25) is 0 Å². The zero-order valence-corrected chi connectivity index (χ0v) is 15.0. The summed E-state index contributed by atoms with van der Waals surface area (Å²) in [6.07, 6.45) is 2.43. The Morgan fingerprint density at radius 2 is 1.96 bits per heavy atom. The van der Waals surface area contributed by atoms with Gasteiger partial charge in [-0.2, -0.15) is 8.42 Å². The zero-order chi connectivity index (χ0) is 17.2. The molecule has 0 aliphatic carbocycles. The number of benzene rings is 1. The van der Waals surface area contributed by atoms with Crippen LogP contribution in [-0.2, 0) is 19.1 Å². The van der Waals surface area contributed by atoms with Crippen LogP contribution in [0.4, 0.5) is 0 Å². The average molecular weight is 399 g/mol. The van der Waals surface area contributed by atoms with E-state index in [1.165, 1.54) is 12.1 Å². The Balaban J connectivity index is 2.30. The van der Waals surface area contributed by atoms with Crippen molar-refractivity contribution in [2.45, 2.75) is 24.1 Å². The molecular formula is C14H14Cl3NO4S. The highest BCUT2D eigenvalue weighted by molar-refractivity contribution is 7.87. The molecule has 1 aliphatic heterocycles. The van der Waals surface area contributed by atoms with E-state index in [1.807, 2.05) is 0 Å². The van der Waals surface area contributed by atoms with Gasteiger partial charge in [0.25, 0.3) is 0 Å². The summed E-state index contributed by atoms with van der Waals surface area (Å²) in [5.74, 6) is -0.842. The molecule has 9 heteroatoms. The molecule has 5 nitrogen and oxygen atoms in total. The minimum absolute atomic E-state index is 0.0860. The highest BCUT2D eigenvalue weighted by Crippen LogP contribution is 2.36. The molecule has 1 fully saturated rings. The molecule has 0 aromatic heterocycles. The molecule has 1 N–H and O–H groups in total. The van der Waals surface area contributed by atoms with Crippen LogP contribution in [0.15, 0.2) is 24.8 Å². The fraction of sp³-hybridized carbons (Fsp3) is 0.357. The lowest BCUT2D eigenvalue weighted by molar-refractivity contribution is -0.135. The smallest absolute Gasteiger partial charge is 0.339 e. The first-order chi connectivity index (χ1) is 10.8. The summed E-state index contributed by atoms with van der Waals surface area (Å²) in [6, 6.07) is 2.02. The SMILES string of the molecule is C=CC(c1cc(Cl)c(Cl)cc1Cl)S(=O)(=O)OC(=O)[C@@H]1CCCN1. The van der Waals surface area contributed by atoms with E-state index in [4.69, 9.17) is 39.0 Å². The van der Waals surface area contributed by atoms with Crippen molar-refractivity contribution in [3.05, 3.63) is 45.4 Å². The lowest BCUT2D eigenvalue weighted by Gasteiger charge is -2.17. The molecule has 126 valence electrons. The fourth-order valence-electron chi connectivity index (χ4n) is 2.27. The maximum atomic E-state index is 12.4. The Morgan fingerprint density at radius 1 is 1.30 bits per heavy atom. The molecule has 1 aromatic carbocycles. The Kier molecular flexibility index (Phi) is 5.97. The summed E-state index contributed by atoms with van der Waals surface area (Å²) in [5.41, 5.74) is 0.142. The van der Waals surface area contributed by atoms with Gasteiger partial charge in [0, 0.05) is 5.02 Å². The lowest BCUT2D eigenvalue weighted by atomic mass is 10.1. The van der Waals surface area contributed by atoms with E-state index in [9.17, 15) is 13.2 Å². The summed E-state index contributed by atoms with van der Waals surface area (Å²) in [6.45, 7) is 4.12. The number of halogens is 3.